The molecule has 0 aromatic rings. The highest BCUT2D eigenvalue weighted by atomic mass is 28.3. The van der Waals surface area contributed by atoms with E-state index in [0.29, 0.717) is 18.4 Å². The summed E-state index contributed by atoms with van der Waals surface area (Å²) in [5.41, 5.74) is -0.322. The minimum atomic E-state index is -2.38. The Morgan fingerprint density at radius 2 is 1.61 bits per heavy atom. The second-order valence-corrected chi connectivity index (χ2v) is 6.56. The van der Waals surface area contributed by atoms with E-state index in [1.54, 1.807) is 0 Å². The van der Waals surface area contributed by atoms with E-state index in [9.17, 15) is 4.46 Å². The van der Waals surface area contributed by atoms with Crippen molar-refractivity contribution in [3.63, 3.8) is 0 Å². The first kappa shape index (κ1) is 17.6. The quantitative estimate of drug-likeness (QED) is 0.445. The maximum atomic E-state index is 12.0. The second kappa shape index (κ2) is 8.67. The van der Waals surface area contributed by atoms with E-state index < -0.39 is 9.17 Å². The predicted octanol–water partition coefficient (Wildman–Crippen LogP) is 4.09. The minimum absolute atomic E-state index is 0.322. The van der Waals surface area contributed by atoms with Gasteiger partial charge in [-0.2, -0.15) is 0 Å². The summed E-state index contributed by atoms with van der Waals surface area (Å²) in [5.74, 6) is 0.669. The lowest BCUT2D eigenvalue weighted by molar-refractivity contribution is -0.0563. The molecule has 4 heteroatoms. The Morgan fingerprint density at radius 3 is 2.00 bits per heavy atom. The van der Waals surface area contributed by atoms with Crippen LogP contribution in [0.15, 0.2) is 0 Å². The molecule has 0 saturated heterocycles. The summed E-state index contributed by atoms with van der Waals surface area (Å²) in [6.45, 7) is 13.3. The molecule has 0 radical (unpaired) electrons. The van der Waals surface area contributed by atoms with Crippen molar-refractivity contribution in [2.24, 2.45) is 11.8 Å². The lowest BCUT2D eigenvalue weighted by Gasteiger charge is -2.41. The number of hydrogen-bond acceptors (Lipinski definition) is 3. The Balaban J connectivity index is 4.62. The van der Waals surface area contributed by atoms with Crippen molar-refractivity contribution in [1.82, 2.24) is 0 Å². The largest absolute Gasteiger partial charge is 0.767 e. The fourth-order valence-corrected chi connectivity index (χ4v) is 3.66. The maximum Gasteiger partial charge on any atom is 0.767 e. The highest BCUT2D eigenvalue weighted by Crippen LogP contribution is 2.35. The lowest BCUT2D eigenvalue weighted by Crippen LogP contribution is -2.46. The molecule has 0 rings (SSSR count). The standard InChI is InChI=1S/C14H30O3Si/c1-7-9-11-16-18(15)17-14(10-8-2,12(3)4)13(5)6/h12-13H,7-11H2,1-6H3. The van der Waals surface area contributed by atoms with Crippen LogP contribution in [0.1, 0.15) is 67.2 Å². The molecule has 0 fully saturated rings. The van der Waals surface area contributed by atoms with Gasteiger partial charge >= 0.3 is 9.17 Å². The smallest absolute Gasteiger partial charge is 0.496 e. The van der Waals surface area contributed by atoms with Crippen LogP contribution in [-0.4, -0.2) is 21.4 Å². The summed E-state index contributed by atoms with van der Waals surface area (Å²) in [7, 11) is -2.38. The zero-order chi connectivity index (χ0) is 14.2. The summed E-state index contributed by atoms with van der Waals surface area (Å²) in [5, 5.41) is 0. The fraction of sp³-hybridized carbons (Fsp3) is 1.00. The van der Waals surface area contributed by atoms with Crippen molar-refractivity contribution >= 4 is 9.17 Å². The van der Waals surface area contributed by atoms with Crippen molar-refractivity contribution in [2.45, 2.75) is 72.8 Å². The van der Waals surface area contributed by atoms with Gasteiger partial charge in [0, 0.05) is 0 Å². The van der Waals surface area contributed by atoms with Gasteiger partial charge in [0.15, 0.2) is 0 Å². The van der Waals surface area contributed by atoms with Gasteiger partial charge in [0.05, 0.1) is 6.61 Å². The van der Waals surface area contributed by atoms with E-state index in [2.05, 4.69) is 41.5 Å². The zero-order valence-corrected chi connectivity index (χ0v) is 13.9. The molecule has 0 aliphatic heterocycles. The highest BCUT2D eigenvalue weighted by molar-refractivity contribution is 6.26. The molecular weight excluding hydrogens is 244 g/mol. The molecule has 0 aromatic heterocycles. The molecular formula is C14H30O3Si. The summed E-state index contributed by atoms with van der Waals surface area (Å²) in [6.07, 6.45) is 3.93. The minimum Gasteiger partial charge on any atom is -0.496 e. The van der Waals surface area contributed by atoms with Crippen LogP contribution in [0.2, 0.25) is 0 Å². The third-order valence-electron chi connectivity index (χ3n) is 3.59. The van der Waals surface area contributed by atoms with Gasteiger partial charge in [0.2, 0.25) is 0 Å². The Morgan fingerprint density at radius 1 is 1.06 bits per heavy atom. The van der Waals surface area contributed by atoms with E-state index in [1.165, 1.54) is 0 Å². The Labute approximate surface area is 114 Å². The third kappa shape index (κ3) is 5.08. The average Bonchev–Trinajstić information content (AvgIpc) is 2.28. The van der Waals surface area contributed by atoms with Crippen molar-refractivity contribution < 1.29 is 13.3 Å². The van der Waals surface area contributed by atoms with E-state index in [1.807, 2.05) is 0 Å². The van der Waals surface area contributed by atoms with Crippen molar-refractivity contribution in [3.05, 3.63) is 0 Å². The molecule has 0 bridgehead atoms. The van der Waals surface area contributed by atoms with Crippen LogP contribution in [0.5, 0.6) is 0 Å². The predicted molar refractivity (Wildman–Crippen MR) is 75.7 cm³/mol. The van der Waals surface area contributed by atoms with E-state index >= 15 is 0 Å². The molecule has 0 N–H and O–H groups in total. The normalized spacial score (nSPS) is 12.0. The van der Waals surface area contributed by atoms with Crippen LogP contribution in [0.3, 0.4) is 0 Å². The van der Waals surface area contributed by atoms with Gasteiger partial charge in [-0.15, -0.1) is 0 Å². The molecule has 0 amide bonds. The molecule has 108 valence electrons. The first-order chi connectivity index (χ1) is 8.40. The Bertz CT molecular complexity index is 231. The molecule has 0 atom stereocenters. The Hall–Kier alpha value is -0.383. The first-order valence-electron chi connectivity index (χ1n) is 7.26. The summed E-state index contributed by atoms with van der Waals surface area (Å²) >= 11 is 0. The number of rotatable bonds is 10. The van der Waals surface area contributed by atoms with Gasteiger partial charge in [-0.3, -0.25) is 4.46 Å². The van der Waals surface area contributed by atoms with Gasteiger partial charge < -0.3 is 8.85 Å². The first-order valence-corrected chi connectivity index (χ1v) is 8.48. The van der Waals surface area contributed by atoms with Crippen LogP contribution < -0.4 is 0 Å². The van der Waals surface area contributed by atoms with Gasteiger partial charge in [-0.25, -0.2) is 0 Å². The molecule has 0 aromatic carbocycles. The fourth-order valence-electron chi connectivity index (χ4n) is 2.41. The number of hydrogen-bond donors (Lipinski definition) is 0. The molecule has 18 heavy (non-hydrogen) atoms. The van der Waals surface area contributed by atoms with Crippen LogP contribution in [0.25, 0.3) is 0 Å². The van der Waals surface area contributed by atoms with Crippen molar-refractivity contribution in [3.8, 4) is 0 Å². The van der Waals surface area contributed by atoms with Gasteiger partial charge in [0.1, 0.15) is 5.60 Å². The average molecular weight is 274 g/mol. The van der Waals surface area contributed by atoms with Gasteiger partial charge in [-0.1, -0.05) is 54.4 Å². The third-order valence-corrected chi connectivity index (χ3v) is 4.57. The summed E-state index contributed by atoms with van der Waals surface area (Å²) in [6, 6.07) is 0. The van der Waals surface area contributed by atoms with E-state index in [0.717, 1.165) is 25.7 Å². The Kier molecular flexibility index (Phi) is 8.49. The SMILES string of the molecule is CCCCO[Si](=O)OC(CCC)(C(C)C)C(C)C. The number of unbranched alkanes of at least 4 members (excludes halogenated alkanes) is 1. The summed E-state index contributed by atoms with van der Waals surface area (Å²) < 4.78 is 23.1. The summed E-state index contributed by atoms with van der Waals surface area (Å²) in [4.78, 5) is 0. The molecule has 3 nitrogen and oxygen atoms in total. The maximum absolute atomic E-state index is 12.0. The molecule has 0 saturated carbocycles. The van der Waals surface area contributed by atoms with Gasteiger partial charge in [0.25, 0.3) is 0 Å². The lowest BCUT2D eigenvalue weighted by atomic mass is 9.77. The van der Waals surface area contributed by atoms with Crippen molar-refractivity contribution in [2.75, 3.05) is 6.61 Å². The monoisotopic (exact) mass is 274 g/mol. The van der Waals surface area contributed by atoms with E-state index in [-0.39, 0.29) is 5.60 Å². The van der Waals surface area contributed by atoms with Crippen LogP contribution in [-0.2, 0) is 13.3 Å². The molecule has 0 heterocycles. The topological polar surface area (TPSA) is 35.5 Å². The zero-order valence-electron chi connectivity index (χ0n) is 12.9. The van der Waals surface area contributed by atoms with Crippen molar-refractivity contribution in [1.29, 1.82) is 0 Å². The molecule has 0 aliphatic carbocycles. The van der Waals surface area contributed by atoms with E-state index in [4.69, 9.17) is 8.85 Å². The van der Waals surface area contributed by atoms with Gasteiger partial charge in [-0.05, 0) is 24.7 Å². The second-order valence-electron chi connectivity index (χ2n) is 5.57. The highest BCUT2D eigenvalue weighted by Gasteiger charge is 2.41. The molecule has 0 unspecified atom stereocenters. The molecule has 0 spiro atoms. The molecule has 0 aliphatic rings. The van der Waals surface area contributed by atoms with Crippen LogP contribution in [0.4, 0.5) is 0 Å². The van der Waals surface area contributed by atoms with Crippen LogP contribution >= 0.6 is 0 Å². The van der Waals surface area contributed by atoms with Crippen LogP contribution in [0, 0.1) is 11.8 Å².